The van der Waals surface area contributed by atoms with Gasteiger partial charge in [0.15, 0.2) is 0 Å². The van der Waals surface area contributed by atoms with Crippen molar-refractivity contribution >= 4 is 17.2 Å². The van der Waals surface area contributed by atoms with Gasteiger partial charge in [-0.25, -0.2) is 0 Å². The van der Waals surface area contributed by atoms with Crippen LogP contribution < -0.4 is 0 Å². The number of hydrogen-bond acceptors (Lipinski definition) is 0. The molecule has 208 valence electrons. The van der Waals surface area contributed by atoms with E-state index in [9.17, 15) is 0 Å². The Bertz CT molecular complexity index is 274. The summed E-state index contributed by atoms with van der Waals surface area (Å²) >= 11 is 0. The first-order chi connectivity index (χ1) is 16.8. The summed E-state index contributed by atoms with van der Waals surface area (Å²) in [5.41, 5.74) is 0. The lowest BCUT2D eigenvalue weighted by atomic mass is 10.1. The fraction of sp³-hybridized carbons (Fsp3) is 1.00. The largest absolute Gasteiger partial charge is 0.138 e. The van der Waals surface area contributed by atoms with Gasteiger partial charge in [0.05, 0.1) is 0 Å². The summed E-state index contributed by atoms with van der Waals surface area (Å²) in [5, 5.41) is 0. The van der Waals surface area contributed by atoms with Gasteiger partial charge in [-0.05, 0) is 50.3 Å². The lowest BCUT2D eigenvalue weighted by molar-refractivity contribution is 0.617. The molecule has 0 rings (SSSR count). The first-order valence-electron chi connectivity index (χ1n) is 16.2. The van der Waals surface area contributed by atoms with Crippen LogP contribution in [-0.2, 0) is 0 Å². The average molecular weight is 517 g/mol. The zero-order valence-corrected chi connectivity index (χ0v) is 26.9. The standard InChI is InChI=1S/C24H51P.C8H19P/c1-4-7-10-13-16-19-22-25(23-20-17-14-11-8-5-2)24-21-18-15-12-9-6-3;1-2-3-4-5-6-7-8-9/h4-24H2,1-3H3;2-9H2,1H3. The molecule has 1 unspecified atom stereocenters. The van der Waals surface area contributed by atoms with E-state index in [0.29, 0.717) is 7.92 Å². The molecule has 0 aliphatic heterocycles. The van der Waals surface area contributed by atoms with Gasteiger partial charge in [-0.15, -0.1) is 17.2 Å². The Morgan fingerprint density at radius 3 is 0.824 bits per heavy atom. The molecular formula is C32H70P2. The third-order valence-electron chi connectivity index (χ3n) is 7.04. The van der Waals surface area contributed by atoms with Crippen LogP contribution in [0.2, 0.25) is 0 Å². The van der Waals surface area contributed by atoms with Crippen molar-refractivity contribution in [3.05, 3.63) is 0 Å². The third kappa shape index (κ3) is 35.0. The highest BCUT2D eigenvalue weighted by molar-refractivity contribution is 7.57. The van der Waals surface area contributed by atoms with Crippen LogP contribution in [0.4, 0.5) is 0 Å². The molecule has 0 aromatic heterocycles. The summed E-state index contributed by atoms with van der Waals surface area (Å²) in [6.07, 6.45) is 41.0. The smallest absolute Gasteiger partial charge is 0.0326 e. The van der Waals surface area contributed by atoms with E-state index in [-0.39, 0.29) is 0 Å². The molecule has 0 heterocycles. The van der Waals surface area contributed by atoms with Crippen molar-refractivity contribution < 1.29 is 0 Å². The second-order valence-corrected chi connectivity index (χ2v) is 14.0. The van der Waals surface area contributed by atoms with E-state index in [1.807, 2.05) is 0 Å². The molecule has 2 heteroatoms. The van der Waals surface area contributed by atoms with E-state index in [1.54, 1.807) is 18.5 Å². The van der Waals surface area contributed by atoms with Crippen molar-refractivity contribution in [3.8, 4) is 0 Å². The highest BCUT2D eigenvalue weighted by Crippen LogP contribution is 2.39. The predicted molar refractivity (Wildman–Crippen MR) is 170 cm³/mol. The topological polar surface area (TPSA) is 0 Å². The molecule has 0 fully saturated rings. The molecule has 0 radical (unpaired) electrons. The normalized spacial score (nSPS) is 11.1. The van der Waals surface area contributed by atoms with Crippen LogP contribution in [-0.4, -0.2) is 24.6 Å². The molecule has 0 aromatic rings. The van der Waals surface area contributed by atoms with Crippen LogP contribution in [0.25, 0.3) is 0 Å². The summed E-state index contributed by atoms with van der Waals surface area (Å²) < 4.78 is 0. The fourth-order valence-corrected chi connectivity index (χ4v) is 7.58. The summed E-state index contributed by atoms with van der Waals surface area (Å²) in [4.78, 5) is 0. The molecule has 0 N–H and O–H groups in total. The van der Waals surface area contributed by atoms with Gasteiger partial charge in [0.1, 0.15) is 0 Å². The molecule has 34 heavy (non-hydrogen) atoms. The van der Waals surface area contributed by atoms with Gasteiger partial charge in [0, 0.05) is 0 Å². The molecule has 0 saturated carbocycles. The molecular weight excluding hydrogens is 446 g/mol. The SMILES string of the molecule is CCCCCCCCP.CCCCCCCCP(CCCCCCCC)CCCCCCCC. The minimum absolute atomic E-state index is 0.366. The average Bonchev–Trinajstić information content (AvgIpc) is 2.85. The van der Waals surface area contributed by atoms with E-state index in [4.69, 9.17) is 0 Å². The van der Waals surface area contributed by atoms with Crippen molar-refractivity contribution in [2.24, 2.45) is 0 Å². The van der Waals surface area contributed by atoms with E-state index in [1.165, 1.54) is 160 Å². The quantitative estimate of drug-likeness (QED) is 0.0752. The number of unbranched alkanes of at least 4 members (excludes halogenated alkanes) is 20. The van der Waals surface area contributed by atoms with Crippen LogP contribution in [0.15, 0.2) is 0 Å². The highest BCUT2D eigenvalue weighted by atomic mass is 31.1. The van der Waals surface area contributed by atoms with Gasteiger partial charge in [0.2, 0.25) is 0 Å². The monoisotopic (exact) mass is 516 g/mol. The van der Waals surface area contributed by atoms with Crippen molar-refractivity contribution in [1.82, 2.24) is 0 Å². The van der Waals surface area contributed by atoms with Crippen LogP contribution in [0, 0.1) is 0 Å². The van der Waals surface area contributed by atoms with Crippen LogP contribution in [0.1, 0.15) is 182 Å². The fourth-order valence-electron chi connectivity index (χ4n) is 4.61. The molecule has 0 spiro atoms. The zero-order chi connectivity index (χ0) is 25.4. The Morgan fingerprint density at radius 2 is 0.559 bits per heavy atom. The second kappa shape index (κ2) is 36.0. The van der Waals surface area contributed by atoms with Gasteiger partial charge in [-0.3, -0.25) is 0 Å². The van der Waals surface area contributed by atoms with Crippen LogP contribution >= 0.6 is 17.2 Å². The van der Waals surface area contributed by atoms with E-state index in [0.717, 1.165) is 0 Å². The summed E-state index contributed by atoms with van der Waals surface area (Å²) in [7, 11) is 3.14. The van der Waals surface area contributed by atoms with Gasteiger partial charge < -0.3 is 0 Å². The van der Waals surface area contributed by atoms with Gasteiger partial charge >= 0.3 is 0 Å². The molecule has 0 aliphatic carbocycles. The maximum Gasteiger partial charge on any atom is -0.0326 e. The summed E-state index contributed by atoms with van der Waals surface area (Å²) in [5.74, 6) is 0. The summed E-state index contributed by atoms with van der Waals surface area (Å²) in [6, 6.07) is 0. The van der Waals surface area contributed by atoms with Gasteiger partial charge in [-0.2, -0.15) is 0 Å². The minimum Gasteiger partial charge on any atom is -0.138 e. The van der Waals surface area contributed by atoms with Gasteiger partial charge in [0.25, 0.3) is 0 Å². The minimum atomic E-state index is 0.366. The Labute approximate surface area is 223 Å². The third-order valence-corrected chi connectivity index (χ3v) is 10.3. The lowest BCUT2D eigenvalue weighted by Crippen LogP contribution is -1.97. The second-order valence-electron chi connectivity index (χ2n) is 10.7. The Balaban J connectivity index is 0. The molecule has 1 atom stereocenters. The molecule has 0 bridgehead atoms. The lowest BCUT2D eigenvalue weighted by Gasteiger charge is -2.18. The predicted octanol–water partition coefficient (Wildman–Crippen LogP) is 12.8. The molecule has 0 aromatic carbocycles. The van der Waals surface area contributed by atoms with E-state index in [2.05, 4.69) is 36.9 Å². The maximum atomic E-state index is 2.78. The van der Waals surface area contributed by atoms with Crippen LogP contribution in [0.3, 0.4) is 0 Å². The van der Waals surface area contributed by atoms with E-state index < -0.39 is 0 Å². The first-order valence-corrected chi connectivity index (χ1v) is 18.9. The van der Waals surface area contributed by atoms with Gasteiger partial charge in [-0.1, -0.05) is 156 Å². The molecule has 0 aliphatic rings. The van der Waals surface area contributed by atoms with Crippen molar-refractivity contribution in [1.29, 1.82) is 0 Å². The highest BCUT2D eigenvalue weighted by Gasteiger charge is 2.07. The number of hydrogen-bond donors (Lipinski definition) is 0. The maximum absolute atomic E-state index is 2.78. The Morgan fingerprint density at radius 1 is 0.324 bits per heavy atom. The molecule has 0 nitrogen and oxygen atoms in total. The summed E-state index contributed by atoms with van der Waals surface area (Å²) in [6.45, 7) is 9.22. The first kappa shape index (κ1) is 37.0. The van der Waals surface area contributed by atoms with Crippen LogP contribution in [0.5, 0.6) is 0 Å². The molecule has 0 saturated heterocycles. The Kier molecular flexibility index (Phi) is 39.2. The zero-order valence-electron chi connectivity index (χ0n) is 24.8. The van der Waals surface area contributed by atoms with Crippen molar-refractivity contribution in [2.45, 2.75) is 182 Å². The van der Waals surface area contributed by atoms with E-state index >= 15 is 0 Å². The number of rotatable bonds is 27. The Hall–Kier alpha value is 0.860. The van der Waals surface area contributed by atoms with Crippen molar-refractivity contribution in [2.75, 3.05) is 24.6 Å². The van der Waals surface area contributed by atoms with Crippen molar-refractivity contribution in [3.63, 3.8) is 0 Å². The molecule has 0 amide bonds.